The third kappa shape index (κ3) is 4.11. The van der Waals surface area contributed by atoms with Gasteiger partial charge in [-0.25, -0.2) is 9.18 Å². The van der Waals surface area contributed by atoms with Crippen LogP contribution in [0.25, 0.3) is 10.9 Å². The largest absolute Gasteiger partial charge is 0.462 e. The quantitative estimate of drug-likeness (QED) is 0.769. The van der Waals surface area contributed by atoms with Crippen molar-refractivity contribution in [2.75, 3.05) is 31.7 Å². The fourth-order valence-electron chi connectivity index (χ4n) is 3.19. The van der Waals surface area contributed by atoms with Gasteiger partial charge >= 0.3 is 5.97 Å². The molecule has 0 aliphatic carbocycles. The molecule has 0 spiro atoms. The standard InChI is InChI=1S/C19H23FN2O4/c1-2-26-19(24)15-10-21-16-4-3-13(20)9-14(16)18(15)22-11-17(23)12-5-7-25-8-6-12/h3-4,9-10,12,17,23H,2,5-8,11H2,1H3,(H,21,22). The van der Waals surface area contributed by atoms with Crippen molar-refractivity contribution in [3.8, 4) is 0 Å². The molecular formula is C19H23FN2O4. The SMILES string of the molecule is CCOC(=O)c1cnc2ccc(F)cc2c1NCC(O)C1CCOCC1. The number of rotatable bonds is 6. The molecule has 3 rings (SSSR count). The molecule has 0 radical (unpaired) electrons. The third-order valence-electron chi connectivity index (χ3n) is 4.62. The van der Waals surface area contributed by atoms with Gasteiger partial charge in [0.15, 0.2) is 0 Å². The lowest BCUT2D eigenvalue weighted by Crippen LogP contribution is -2.33. The summed E-state index contributed by atoms with van der Waals surface area (Å²) >= 11 is 0. The molecule has 1 aromatic heterocycles. The van der Waals surface area contributed by atoms with Crippen LogP contribution in [0.2, 0.25) is 0 Å². The van der Waals surface area contributed by atoms with Crippen LogP contribution in [0.15, 0.2) is 24.4 Å². The fourth-order valence-corrected chi connectivity index (χ4v) is 3.19. The maximum Gasteiger partial charge on any atom is 0.341 e. The number of aliphatic hydroxyl groups is 1. The minimum atomic E-state index is -0.592. The third-order valence-corrected chi connectivity index (χ3v) is 4.62. The molecule has 140 valence electrons. The van der Waals surface area contributed by atoms with Gasteiger partial charge in [0.05, 0.1) is 23.9 Å². The molecule has 1 aliphatic heterocycles. The van der Waals surface area contributed by atoms with Gasteiger partial charge in [-0.2, -0.15) is 0 Å². The summed E-state index contributed by atoms with van der Waals surface area (Å²) in [4.78, 5) is 16.5. The Hall–Kier alpha value is -2.25. The predicted molar refractivity (Wildman–Crippen MR) is 95.7 cm³/mol. The Morgan fingerprint density at radius 2 is 2.23 bits per heavy atom. The van der Waals surface area contributed by atoms with Gasteiger partial charge in [0, 0.05) is 31.3 Å². The number of aromatic nitrogens is 1. The average Bonchev–Trinajstić information content (AvgIpc) is 2.66. The average molecular weight is 362 g/mol. The Kier molecular flexibility index (Phi) is 6.00. The molecule has 0 saturated carbocycles. The van der Waals surface area contributed by atoms with Crippen LogP contribution in [-0.2, 0) is 9.47 Å². The van der Waals surface area contributed by atoms with E-state index in [0.717, 1.165) is 12.8 Å². The first-order chi connectivity index (χ1) is 12.6. The topological polar surface area (TPSA) is 80.7 Å². The minimum Gasteiger partial charge on any atom is -0.462 e. The van der Waals surface area contributed by atoms with Crippen LogP contribution >= 0.6 is 0 Å². The number of aliphatic hydroxyl groups excluding tert-OH is 1. The molecular weight excluding hydrogens is 339 g/mol. The highest BCUT2D eigenvalue weighted by Crippen LogP contribution is 2.28. The van der Waals surface area contributed by atoms with E-state index in [2.05, 4.69) is 10.3 Å². The Bertz CT molecular complexity index is 777. The van der Waals surface area contributed by atoms with Crippen LogP contribution in [0.5, 0.6) is 0 Å². The number of fused-ring (bicyclic) bond motifs is 1. The van der Waals surface area contributed by atoms with E-state index in [9.17, 15) is 14.3 Å². The number of esters is 1. The second kappa shape index (κ2) is 8.42. The Balaban J connectivity index is 1.88. The second-order valence-corrected chi connectivity index (χ2v) is 6.33. The molecule has 2 heterocycles. The number of hydrogen-bond acceptors (Lipinski definition) is 6. The number of nitrogens with one attached hydrogen (secondary N) is 1. The van der Waals surface area contributed by atoms with Gasteiger partial charge in [0.25, 0.3) is 0 Å². The van der Waals surface area contributed by atoms with Crippen molar-refractivity contribution >= 4 is 22.6 Å². The van der Waals surface area contributed by atoms with Crippen LogP contribution in [-0.4, -0.2) is 48.5 Å². The zero-order valence-corrected chi connectivity index (χ0v) is 14.7. The van der Waals surface area contributed by atoms with Crippen molar-refractivity contribution in [2.24, 2.45) is 5.92 Å². The van der Waals surface area contributed by atoms with Gasteiger partial charge in [-0.05, 0) is 43.9 Å². The minimum absolute atomic E-state index is 0.132. The Morgan fingerprint density at radius 3 is 2.96 bits per heavy atom. The van der Waals surface area contributed by atoms with Gasteiger partial charge < -0.3 is 19.9 Å². The number of benzene rings is 1. The highest BCUT2D eigenvalue weighted by molar-refractivity contribution is 6.04. The molecule has 1 aliphatic rings. The van der Waals surface area contributed by atoms with E-state index in [1.165, 1.54) is 18.3 Å². The van der Waals surface area contributed by atoms with Crippen molar-refractivity contribution in [3.05, 3.63) is 35.8 Å². The summed E-state index contributed by atoms with van der Waals surface area (Å²) < 4.78 is 24.1. The lowest BCUT2D eigenvalue weighted by Gasteiger charge is -2.27. The van der Waals surface area contributed by atoms with Crippen molar-refractivity contribution < 1.29 is 23.8 Å². The van der Waals surface area contributed by atoms with Gasteiger partial charge in [-0.1, -0.05) is 0 Å². The Labute approximate surface area is 151 Å². The summed E-state index contributed by atoms with van der Waals surface area (Å²) in [6, 6.07) is 4.20. The van der Waals surface area contributed by atoms with E-state index in [1.807, 2.05) is 0 Å². The molecule has 7 heteroatoms. The van der Waals surface area contributed by atoms with E-state index in [1.54, 1.807) is 13.0 Å². The summed E-state index contributed by atoms with van der Waals surface area (Å²) in [7, 11) is 0. The maximum atomic E-state index is 13.8. The monoisotopic (exact) mass is 362 g/mol. The van der Waals surface area contributed by atoms with E-state index in [0.29, 0.717) is 29.8 Å². The highest BCUT2D eigenvalue weighted by atomic mass is 19.1. The molecule has 1 unspecified atom stereocenters. The maximum absolute atomic E-state index is 13.8. The van der Waals surface area contributed by atoms with E-state index in [4.69, 9.17) is 9.47 Å². The molecule has 2 aromatic rings. The second-order valence-electron chi connectivity index (χ2n) is 6.33. The first kappa shape index (κ1) is 18.5. The summed E-state index contributed by atoms with van der Waals surface area (Å²) in [6.45, 7) is 3.46. The van der Waals surface area contributed by atoms with Gasteiger partial charge in [0.2, 0.25) is 0 Å². The smallest absolute Gasteiger partial charge is 0.341 e. The molecule has 0 amide bonds. The number of anilines is 1. The molecule has 1 aromatic carbocycles. The number of halogens is 1. The lowest BCUT2D eigenvalue weighted by molar-refractivity contribution is 0.0131. The number of ether oxygens (including phenoxy) is 2. The first-order valence-corrected chi connectivity index (χ1v) is 8.85. The van der Waals surface area contributed by atoms with Crippen LogP contribution < -0.4 is 5.32 Å². The molecule has 1 fully saturated rings. The zero-order valence-electron chi connectivity index (χ0n) is 14.7. The molecule has 1 saturated heterocycles. The van der Waals surface area contributed by atoms with Crippen molar-refractivity contribution in [1.29, 1.82) is 0 Å². The predicted octanol–water partition coefficient (Wildman–Crippen LogP) is 2.75. The van der Waals surface area contributed by atoms with Crippen LogP contribution in [0, 0.1) is 11.7 Å². The molecule has 1 atom stereocenters. The lowest BCUT2D eigenvalue weighted by atomic mass is 9.94. The fraction of sp³-hybridized carbons (Fsp3) is 0.474. The number of nitrogens with zero attached hydrogens (tertiary/aromatic N) is 1. The van der Waals surface area contributed by atoms with E-state index >= 15 is 0 Å². The number of pyridine rings is 1. The number of hydrogen-bond donors (Lipinski definition) is 2. The Morgan fingerprint density at radius 1 is 1.46 bits per heavy atom. The summed E-state index contributed by atoms with van der Waals surface area (Å²) in [6.07, 6.45) is 2.41. The summed E-state index contributed by atoms with van der Waals surface area (Å²) in [5.74, 6) is -0.824. The molecule has 2 N–H and O–H groups in total. The molecule has 26 heavy (non-hydrogen) atoms. The molecule has 6 nitrogen and oxygen atoms in total. The van der Waals surface area contributed by atoms with E-state index in [-0.39, 0.29) is 24.6 Å². The van der Waals surface area contributed by atoms with Crippen molar-refractivity contribution in [2.45, 2.75) is 25.9 Å². The van der Waals surface area contributed by atoms with Crippen molar-refractivity contribution in [1.82, 2.24) is 4.98 Å². The van der Waals surface area contributed by atoms with Gasteiger partial charge in [-0.3, -0.25) is 4.98 Å². The highest BCUT2D eigenvalue weighted by Gasteiger charge is 2.23. The van der Waals surface area contributed by atoms with Crippen LogP contribution in [0.1, 0.15) is 30.1 Å². The number of carbonyl (C=O) groups is 1. The van der Waals surface area contributed by atoms with E-state index < -0.39 is 17.9 Å². The van der Waals surface area contributed by atoms with Crippen LogP contribution in [0.4, 0.5) is 10.1 Å². The normalized spacial score (nSPS) is 16.4. The van der Waals surface area contributed by atoms with Gasteiger partial charge in [-0.15, -0.1) is 0 Å². The zero-order chi connectivity index (χ0) is 18.5. The van der Waals surface area contributed by atoms with Crippen LogP contribution in [0.3, 0.4) is 0 Å². The summed E-state index contributed by atoms with van der Waals surface area (Å²) in [5.41, 5.74) is 1.21. The van der Waals surface area contributed by atoms with Gasteiger partial charge in [0.1, 0.15) is 11.4 Å². The first-order valence-electron chi connectivity index (χ1n) is 8.85. The van der Waals surface area contributed by atoms with Crippen molar-refractivity contribution in [3.63, 3.8) is 0 Å². The summed E-state index contributed by atoms with van der Waals surface area (Å²) in [5, 5.41) is 14.1. The molecule has 0 bridgehead atoms. The number of carbonyl (C=O) groups excluding carboxylic acids is 1.